The van der Waals surface area contributed by atoms with Crippen LogP contribution in [0.5, 0.6) is 5.75 Å². The van der Waals surface area contributed by atoms with E-state index in [0.29, 0.717) is 25.9 Å². The van der Waals surface area contributed by atoms with Crippen molar-refractivity contribution in [2.75, 3.05) is 31.7 Å². The molecule has 0 spiro atoms. The summed E-state index contributed by atoms with van der Waals surface area (Å²) in [5, 5.41) is 2.90. The minimum Gasteiger partial charge on any atom is -0.496 e. The summed E-state index contributed by atoms with van der Waals surface area (Å²) in [6.45, 7) is 0.827. The number of anilines is 1. The van der Waals surface area contributed by atoms with Crippen LogP contribution in [0.4, 0.5) is 5.69 Å². The second kappa shape index (κ2) is 9.19. The second-order valence-electron chi connectivity index (χ2n) is 6.39. The van der Waals surface area contributed by atoms with E-state index in [0.717, 1.165) is 17.0 Å². The van der Waals surface area contributed by atoms with E-state index in [2.05, 4.69) is 5.32 Å². The Labute approximate surface area is 159 Å². The van der Waals surface area contributed by atoms with Gasteiger partial charge in [0.2, 0.25) is 5.91 Å². The molecule has 6 nitrogen and oxygen atoms in total. The van der Waals surface area contributed by atoms with Gasteiger partial charge in [-0.2, -0.15) is 0 Å². The second-order valence-corrected chi connectivity index (χ2v) is 6.39. The molecule has 1 heterocycles. The molecule has 2 aromatic rings. The highest BCUT2D eigenvalue weighted by molar-refractivity contribution is 5.95. The number of hydrogen-bond donors (Lipinski definition) is 1. The van der Waals surface area contributed by atoms with Crippen LogP contribution in [-0.4, -0.2) is 44.7 Å². The van der Waals surface area contributed by atoms with Crippen molar-refractivity contribution >= 4 is 17.5 Å². The minimum absolute atomic E-state index is 0.0245. The van der Waals surface area contributed by atoms with Crippen LogP contribution in [0.2, 0.25) is 0 Å². The van der Waals surface area contributed by atoms with Gasteiger partial charge in [0.25, 0.3) is 5.91 Å². The maximum atomic E-state index is 12.2. The SMILES string of the molecule is COc1ccccc1CCC(=O)NCC1CN(c2ccccc2)C(=O)CO1. The van der Waals surface area contributed by atoms with Gasteiger partial charge in [-0.05, 0) is 30.2 Å². The molecular formula is C21H24N2O4. The third kappa shape index (κ3) is 5.08. The highest BCUT2D eigenvalue weighted by Crippen LogP contribution is 2.19. The lowest BCUT2D eigenvalue weighted by molar-refractivity contribution is -0.129. The summed E-state index contributed by atoms with van der Waals surface area (Å²) < 4.78 is 10.9. The van der Waals surface area contributed by atoms with Crippen molar-refractivity contribution in [1.82, 2.24) is 5.32 Å². The Balaban J connectivity index is 1.48. The van der Waals surface area contributed by atoms with E-state index in [4.69, 9.17) is 9.47 Å². The van der Waals surface area contributed by atoms with Gasteiger partial charge < -0.3 is 19.7 Å². The van der Waals surface area contributed by atoms with Crippen molar-refractivity contribution in [3.8, 4) is 5.75 Å². The summed E-state index contributed by atoms with van der Waals surface area (Å²) in [5.74, 6) is 0.672. The van der Waals surface area contributed by atoms with Gasteiger partial charge in [-0.3, -0.25) is 9.59 Å². The quantitative estimate of drug-likeness (QED) is 0.813. The Kier molecular flexibility index (Phi) is 6.44. The van der Waals surface area contributed by atoms with Gasteiger partial charge in [-0.15, -0.1) is 0 Å². The number of aryl methyl sites for hydroxylation is 1. The minimum atomic E-state index is -0.224. The lowest BCUT2D eigenvalue weighted by atomic mass is 10.1. The van der Waals surface area contributed by atoms with Crippen LogP contribution in [0, 0.1) is 0 Å². The summed E-state index contributed by atoms with van der Waals surface area (Å²) in [6, 6.07) is 17.2. The fourth-order valence-corrected chi connectivity index (χ4v) is 3.08. The molecule has 1 atom stereocenters. The largest absolute Gasteiger partial charge is 0.496 e. The lowest BCUT2D eigenvalue weighted by Crippen LogP contribution is -2.50. The van der Waals surface area contributed by atoms with E-state index in [1.807, 2.05) is 54.6 Å². The van der Waals surface area contributed by atoms with E-state index in [-0.39, 0.29) is 24.5 Å². The Bertz CT molecular complexity index is 779. The van der Waals surface area contributed by atoms with Gasteiger partial charge in [-0.1, -0.05) is 36.4 Å². The first-order valence-corrected chi connectivity index (χ1v) is 9.03. The predicted octanol–water partition coefficient (Wildman–Crippen LogP) is 2.18. The third-order valence-electron chi connectivity index (χ3n) is 4.54. The van der Waals surface area contributed by atoms with Gasteiger partial charge >= 0.3 is 0 Å². The number of para-hydroxylation sites is 2. The number of rotatable bonds is 7. The molecule has 1 saturated heterocycles. The maximum Gasteiger partial charge on any atom is 0.253 e. The van der Waals surface area contributed by atoms with Crippen LogP contribution in [0.1, 0.15) is 12.0 Å². The first-order valence-electron chi connectivity index (χ1n) is 9.03. The van der Waals surface area contributed by atoms with E-state index >= 15 is 0 Å². The highest BCUT2D eigenvalue weighted by atomic mass is 16.5. The number of morpholine rings is 1. The van der Waals surface area contributed by atoms with Gasteiger partial charge in [0.05, 0.1) is 19.8 Å². The zero-order valence-corrected chi connectivity index (χ0v) is 15.4. The summed E-state index contributed by atoms with van der Waals surface area (Å²) in [4.78, 5) is 26.0. The number of ether oxygens (including phenoxy) is 2. The van der Waals surface area contributed by atoms with Crippen LogP contribution in [0.3, 0.4) is 0 Å². The third-order valence-corrected chi connectivity index (χ3v) is 4.54. The number of nitrogens with zero attached hydrogens (tertiary/aromatic N) is 1. The molecule has 1 aliphatic heterocycles. The Morgan fingerprint density at radius 2 is 1.93 bits per heavy atom. The van der Waals surface area contributed by atoms with E-state index in [1.165, 1.54) is 0 Å². The molecule has 2 amide bonds. The monoisotopic (exact) mass is 368 g/mol. The normalized spacial score (nSPS) is 16.9. The van der Waals surface area contributed by atoms with Crippen LogP contribution in [0.15, 0.2) is 54.6 Å². The number of methoxy groups -OCH3 is 1. The standard InChI is InChI=1S/C21H24N2O4/c1-26-19-10-6-5-7-16(19)11-12-20(24)22-13-18-14-23(21(25)15-27-18)17-8-3-2-4-9-17/h2-10,18H,11-15H2,1H3,(H,22,24). The average Bonchev–Trinajstić information content (AvgIpc) is 2.72. The molecule has 27 heavy (non-hydrogen) atoms. The van der Waals surface area contributed by atoms with Gasteiger partial charge in [0, 0.05) is 18.7 Å². The van der Waals surface area contributed by atoms with Crippen LogP contribution in [0.25, 0.3) is 0 Å². The average molecular weight is 368 g/mol. The smallest absolute Gasteiger partial charge is 0.253 e. The lowest BCUT2D eigenvalue weighted by Gasteiger charge is -2.32. The molecule has 1 aliphatic rings. The molecule has 0 radical (unpaired) electrons. The molecule has 0 saturated carbocycles. The zero-order chi connectivity index (χ0) is 19.1. The Morgan fingerprint density at radius 3 is 2.70 bits per heavy atom. The van der Waals surface area contributed by atoms with Crippen LogP contribution < -0.4 is 15.0 Å². The first kappa shape index (κ1) is 18.9. The molecule has 0 aliphatic carbocycles. The maximum absolute atomic E-state index is 12.2. The number of carbonyl (C=O) groups excluding carboxylic acids is 2. The number of nitrogens with one attached hydrogen (secondary N) is 1. The van der Waals surface area contributed by atoms with E-state index < -0.39 is 0 Å². The van der Waals surface area contributed by atoms with Crippen molar-refractivity contribution in [2.24, 2.45) is 0 Å². The molecule has 0 bridgehead atoms. The molecule has 2 aromatic carbocycles. The number of benzene rings is 2. The van der Waals surface area contributed by atoms with Crippen molar-refractivity contribution in [3.63, 3.8) is 0 Å². The Hall–Kier alpha value is -2.86. The zero-order valence-electron chi connectivity index (χ0n) is 15.4. The van der Waals surface area contributed by atoms with Crippen molar-refractivity contribution in [3.05, 3.63) is 60.2 Å². The summed E-state index contributed by atoms with van der Waals surface area (Å²) in [6.07, 6.45) is 0.753. The molecular weight excluding hydrogens is 344 g/mol. The van der Waals surface area contributed by atoms with Gasteiger partial charge in [-0.25, -0.2) is 0 Å². The van der Waals surface area contributed by atoms with E-state index in [1.54, 1.807) is 12.0 Å². The topological polar surface area (TPSA) is 67.9 Å². The van der Waals surface area contributed by atoms with Gasteiger partial charge in [0.15, 0.2) is 0 Å². The number of hydrogen-bond acceptors (Lipinski definition) is 4. The van der Waals surface area contributed by atoms with Gasteiger partial charge in [0.1, 0.15) is 12.4 Å². The van der Waals surface area contributed by atoms with Crippen LogP contribution >= 0.6 is 0 Å². The van der Waals surface area contributed by atoms with Crippen molar-refractivity contribution < 1.29 is 19.1 Å². The molecule has 1 N–H and O–H groups in total. The number of carbonyl (C=O) groups is 2. The summed E-state index contributed by atoms with van der Waals surface area (Å²) in [5.41, 5.74) is 1.85. The molecule has 3 rings (SSSR count). The fraction of sp³-hybridized carbons (Fsp3) is 0.333. The van der Waals surface area contributed by atoms with Crippen molar-refractivity contribution in [2.45, 2.75) is 18.9 Å². The fourth-order valence-electron chi connectivity index (χ4n) is 3.08. The summed E-state index contributed by atoms with van der Waals surface area (Å²) >= 11 is 0. The molecule has 1 fully saturated rings. The molecule has 6 heteroatoms. The number of amides is 2. The summed E-state index contributed by atoms with van der Waals surface area (Å²) in [7, 11) is 1.62. The van der Waals surface area contributed by atoms with Crippen LogP contribution in [-0.2, 0) is 20.7 Å². The Morgan fingerprint density at radius 1 is 1.19 bits per heavy atom. The highest BCUT2D eigenvalue weighted by Gasteiger charge is 2.27. The molecule has 142 valence electrons. The first-order chi connectivity index (χ1) is 13.2. The molecule has 0 aromatic heterocycles. The predicted molar refractivity (Wildman–Crippen MR) is 103 cm³/mol. The molecule has 1 unspecified atom stereocenters. The van der Waals surface area contributed by atoms with Crippen molar-refractivity contribution in [1.29, 1.82) is 0 Å². The van der Waals surface area contributed by atoms with E-state index in [9.17, 15) is 9.59 Å².